The van der Waals surface area contributed by atoms with Crippen LogP contribution in [-0.4, -0.2) is 31.8 Å². The summed E-state index contributed by atoms with van der Waals surface area (Å²) in [6.07, 6.45) is 1.24. The second kappa shape index (κ2) is 4.98. The lowest BCUT2D eigenvalue weighted by Gasteiger charge is -2.55. The third kappa shape index (κ3) is 2.20. The molecule has 1 saturated carbocycles. The van der Waals surface area contributed by atoms with Gasteiger partial charge >= 0.3 is 5.97 Å². The number of hydrogen-bond acceptors (Lipinski definition) is 4. The molecule has 0 bridgehead atoms. The van der Waals surface area contributed by atoms with E-state index in [1.165, 1.54) is 25.3 Å². The fraction of sp³-hybridized carbons (Fsp3) is 0.562. The normalized spacial score (nSPS) is 29.4. The number of halogens is 1. The number of nitrogens with one attached hydrogen (secondary N) is 1. The average molecular weight is 293 g/mol. The molecule has 0 radical (unpaired) electrons. The van der Waals surface area contributed by atoms with E-state index in [0.29, 0.717) is 17.2 Å². The molecule has 0 spiro atoms. The molecular weight excluding hydrogens is 273 g/mol. The quantitative estimate of drug-likeness (QED) is 0.871. The Bertz CT molecular complexity index is 573. The van der Waals surface area contributed by atoms with Gasteiger partial charge in [-0.05, 0) is 24.6 Å². The maximum Gasteiger partial charge on any atom is 0.339 e. The highest BCUT2D eigenvalue weighted by Crippen LogP contribution is 2.53. The Balaban J connectivity index is 1.88. The summed E-state index contributed by atoms with van der Waals surface area (Å²) in [6.45, 7) is 5.03. The van der Waals surface area contributed by atoms with Crippen LogP contribution in [-0.2, 0) is 9.47 Å². The second-order valence-electron chi connectivity index (χ2n) is 6.37. The third-order valence-electron chi connectivity index (χ3n) is 4.80. The molecule has 3 rings (SSSR count). The van der Waals surface area contributed by atoms with Gasteiger partial charge in [0.25, 0.3) is 0 Å². The standard InChI is InChI=1S/C16H20FNO3/c1-16(2)13(11-6-7-21-14(11)16)18-12-8-9(17)4-5-10(12)15(19)20-3/h4-5,8,11,13-14,18H,6-7H2,1-3H3. The highest BCUT2D eigenvalue weighted by atomic mass is 19.1. The Morgan fingerprint density at radius 2 is 2.24 bits per heavy atom. The van der Waals surface area contributed by atoms with Crippen LogP contribution in [0.15, 0.2) is 18.2 Å². The number of carbonyl (C=O) groups is 1. The van der Waals surface area contributed by atoms with E-state index in [1.807, 2.05) is 0 Å². The minimum Gasteiger partial charge on any atom is -0.465 e. The number of carbonyl (C=O) groups excluding carboxylic acids is 1. The van der Waals surface area contributed by atoms with Crippen LogP contribution in [0.4, 0.5) is 10.1 Å². The van der Waals surface area contributed by atoms with Gasteiger partial charge in [0.05, 0.1) is 24.5 Å². The average Bonchev–Trinajstić information content (AvgIpc) is 2.91. The second-order valence-corrected chi connectivity index (χ2v) is 6.37. The summed E-state index contributed by atoms with van der Waals surface area (Å²) in [5.41, 5.74) is 0.809. The molecule has 1 heterocycles. The van der Waals surface area contributed by atoms with Gasteiger partial charge < -0.3 is 14.8 Å². The zero-order valence-electron chi connectivity index (χ0n) is 12.5. The van der Waals surface area contributed by atoms with Gasteiger partial charge in [-0.2, -0.15) is 0 Å². The molecule has 114 valence electrons. The van der Waals surface area contributed by atoms with Gasteiger partial charge in [-0.3, -0.25) is 0 Å². The number of methoxy groups -OCH3 is 1. The first kappa shape index (κ1) is 14.3. The molecule has 3 unspecified atom stereocenters. The fourth-order valence-corrected chi connectivity index (χ4v) is 3.71. The SMILES string of the molecule is COC(=O)c1ccc(F)cc1NC1C2CCOC2C1(C)C. The van der Waals surface area contributed by atoms with E-state index >= 15 is 0 Å². The van der Waals surface area contributed by atoms with Crippen LogP contribution < -0.4 is 5.32 Å². The lowest BCUT2D eigenvalue weighted by Crippen LogP contribution is -2.63. The highest BCUT2D eigenvalue weighted by Gasteiger charge is 2.59. The number of ether oxygens (including phenoxy) is 2. The summed E-state index contributed by atoms with van der Waals surface area (Å²) in [5, 5.41) is 3.34. The maximum atomic E-state index is 13.5. The van der Waals surface area contributed by atoms with Crippen LogP contribution in [0.1, 0.15) is 30.6 Å². The van der Waals surface area contributed by atoms with Crippen molar-refractivity contribution in [3.63, 3.8) is 0 Å². The highest BCUT2D eigenvalue weighted by molar-refractivity contribution is 5.95. The molecule has 2 fully saturated rings. The molecule has 4 nitrogen and oxygen atoms in total. The monoisotopic (exact) mass is 293 g/mol. The van der Waals surface area contributed by atoms with Gasteiger partial charge in [0.15, 0.2) is 0 Å². The molecule has 0 aromatic heterocycles. The van der Waals surface area contributed by atoms with Crippen molar-refractivity contribution in [3.8, 4) is 0 Å². The predicted octanol–water partition coefficient (Wildman–Crippen LogP) is 2.84. The first-order chi connectivity index (χ1) is 9.95. The summed E-state index contributed by atoms with van der Waals surface area (Å²) in [7, 11) is 1.32. The fourth-order valence-electron chi connectivity index (χ4n) is 3.71. The van der Waals surface area contributed by atoms with Gasteiger partial charge in [-0.15, -0.1) is 0 Å². The molecule has 3 atom stereocenters. The Kier molecular flexibility index (Phi) is 3.40. The van der Waals surface area contributed by atoms with Gasteiger partial charge in [-0.25, -0.2) is 9.18 Å². The van der Waals surface area contributed by atoms with E-state index in [1.54, 1.807) is 0 Å². The largest absolute Gasteiger partial charge is 0.465 e. The van der Waals surface area contributed by atoms with Crippen molar-refractivity contribution in [2.45, 2.75) is 32.4 Å². The topological polar surface area (TPSA) is 47.6 Å². The van der Waals surface area contributed by atoms with Crippen LogP contribution >= 0.6 is 0 Å². The Morgan fingerprint density at radius 1 is 1.48 bits per heavy atom. The number of fused-ring (bicyclic) bond motifs is 1. The van der Waals surface area contributed by atoms with Crippen molar-refractivity contribution in [2.75, 3.05) is 19.0 Å². The van der Waals surface area contributed by atoms with E-state index in [4.69, 9.17) is 9.47 Å². The molecule has 0 amide bonds. The van der Waals surface area contributed by atoms with Crippen molar-refractivity contribution in [2.24, 2.45) is 11.3 Å². The minimum atomic E-state index is -0.464. The third-order valence-corrected chi connectivity index (χ3v) is 4.80. The van der Waals surface area contributed by atoms with Crippen LogP contribution in [0.2, 0.25) is 0 Å². The zero-order valence-corrected chi connectivity index (χ0v) is 12.5. The molecule has 1 aromatic carbocycles. The van der Waals surface area contributed by atoms with Gasteiger partial charge in [0, 0.05) is 24.0 Å². The molecule has 1 N–H and O–H groups in total. The molecule has 2 aliphatic rings. The summed E-state index contributed by atoms with van der Waals surface area (Å²) in [4.78, 5) is 11.8. The van der Waals surface area contributed by atoms with E-state index in [-0.39, 0.29) is 23.4 Å². The maximum absolute atomic E-state index is 13.5. The van der Waals surface area contributed by atoms with Crippen LogP contribution in [0.25, 0.3) is 0 Å². The lowest BCUT2D eigenvalue weighted by molar-refractivity contribution is -0.0923. The molecule has 1 aliphatic carbocycles. The van der Waals surface area contributed by atoms with Crippen molar-refractivity contribution < 1.29 is 18.7 Å². The van der Waals surface area contributed by atoms with E-state index in [2.05, 4.69) is 19.2 Å². The number of esters is 1. The molecule has 5 heteroatoms. The Hall–Kier alpha value is -1.62. The molecule has 21 heavy (non-hydrogen) atoms. The summed E-state index contributed by atoms with van der Waals surface area (Å²) >= 11 is 0. The lowest BCUT2D eigenvalue weighted by atomic mass is 9.57. The molecular formula is C16H20FNO3. The van der Waals surface area contributed by atoms with E-state index in [9.17, 15) is 9.18 Å². The number of anilines is 1. The predicted molar refractivity (Wildman–Crippen MR) is 76.8 cm³/mol. The molecule has 1 saturated heterocycles. The van der Waals surface area contributed by atoms with Crippen LogP contribution in [0.3, 0.4) is 0 Å². The van der Waals surface area contributed by atoms with Crippen molar-refractivity contribution in [1.82, 2.24) is 0 Å². The minimum absolute atomic E-state index is 0.0408. The van der Waals surface area contributed by atoms with E-state index < -0.39 is 5.97 Å². The number of benzene rings is 1. The summed E-state index contributed by atoms with van der Waals surface area (Å²) in [6, 6.07) is 4.24. The van der Waals surface area contributed by atoms with Crippen molar-refractivity contribution in [3.05, 3.63) is 29.6 Å². The summed E-state index contributed by atoms with van der Waals surface area (Å²) < 4.78 is 24.0. The first-order valence-electron chi connectivity index (χ1n) is 7.21. The van der Waals surface area contributed by atoms with Crippen LogP contribution in [0, 0.1) is 17.2 Å². The Labute approximate surface area is 123 Å². The van der Waals surface area contributed by atoms with Gasteiger partial charge in [-0.1, -0.05) is 13.8 Å². The van der Waals surface area contributed by atoms with Gasteiger partial charge in [0.1, 0.15) is 5.82 Å². The molecule has 1 aromatic rings. The Morgan fingerprint density at radius 3 is 2.95 bits per heavy atom. The van der Waals surface area contributed by atoms with Crippen molar-refractivity contribution in [1.29, 1.82) is 0 Å². The van der Waals surface area contributed by atoms with Gasteiger partial charge in [0.2, 0.25) is 0 Å². The summed E-state index contributed by atoms with van der Waals surface area (Å²) in [5.74, 6) is -0.427. The smallest absolute Gasteiger partial charge is 0.339 e. The van der Waals surface area contributed by atoms with Crippen LogP contribution in [0.5, 0.6) is 0 Å². The van der Waals surface area contributed by atoms with E-state index in [0.717, 1.165) is 13.0 Å². The molecule has 1 aliphatic heterocycles. The zero-order chi connectivity index (χ0) is 15.2. The van der Waals surface area contributed by atoms with Crippen molar-refractivity contribution >= 4 is 11.7 Å². The number of rotatable bonds is 3. The number of hydrogen-bond donors (Lipinski definition) is 1. The first-order valence-corrected chi connectivity index (χ1v) is 7.21.